The molecule has 102 valence electrons. The lowest BCUT2D eigenvalue weighted by atomic mass is 9.99. The van der Waals surface area contributed by atoms with Crippen molar-refractivity contribution in [3.05, 3.63) is 11.7 Å². The van der Waals surface area contributed by atoms with E-state index in [2.05, 4.69) is 10.1 Å². The van der Waals surface area contributed by atoms with Gasteiger partial charge in [-0.15, -0.1) is 0 Å². The monoisotopic (exact) mass is 274 g/mol. The summed E-state index contributed by atoms with van der Waals surface area (Å²) in [6, 6.07) is 0. The van der Waals surface area contributed by atoms with Crippen LogP contribution in [0.5, 0.6) is 0 Å². The first-order valence-corrected chi connectivity index (χ1v) is 7.29. The molecular weight excluding hydrogens is 256 g/mol. The van der Waals surface area contributed by atoms with Gasteiger partial charge in [0.2, 0.25) is 5.89 Å². The first-order chi connectivity index (χ1) is 8.41. The van der Waals surface area contributed by atoms with Crippen LogP contribution in [0.1, 0.15) is 30.5 Å². The number of hydrogen-bond acceptors (Lipinski definition) is 5. The van der Waals surface area contributed by atoms with E-state index in [0.717, 1.165) is 12.8 Å². The van der Waals surface area contributed by atoms with Crippen LogP contribution < -0.4 is 0 Å². The van der Waals surface area contributed by atoms with E-state index in [-0.39, 0.29) is 5.92 Å². The fraction of sp³-hybridized carbons (Fsp3) is 0.800. The van der Waals surface area contributed by atoms with Crippen LogP contribution in [-0.2, 0) is 10.2 Å². The minimum absolute atomic E-state index is 0.0194. The van der Waals surface area contributed by atoms with E-state index in [1.165, 1.54) is 22.7 Å². The zero-order chi connectivity index (χ0) is 13.3. The van der Waals surface area contributed by atoms with E-state index >= 15 is 0 Å². The smallest absolute Gasteiger partial charge is 0.281 e. The van der Waals surface area contributed by atoms with Gasteiger partial charge in [-0.2, -0.15) is 22.0 Å². The third kappa shape index (κ3) is 2.55. The van der Waals surface area contributed by atoms with Crippen LogP contribution in [0.15, 0.2) is 4.52 Å². The van der Waals surface area contributed by atoms with Crippen molar-refractivity contribution >= 4 is 10.2 Å². The molecule has 1 unspecified atom stereocenters. The van der Waals surface area contributed by atoms with Gasteiger partial charge in [-0.3, -0.25) is 0 Å². The highest BCUT2D eigenvalue weighted by Gasteiger charge is 2.32. The second kappa shape index (κ2) is 4.94. The van der Waals surface area contributed by atoms with Crippen molar-refractivity contribution in [1.82, 2.24) is 18.8 Å². The molecule has 18 heavy (non-hydrogen) atoms. The highest BCUT2D eigenvalue weighted by Crippen LogP contribution is 2.26. The average molecular weight is 274 g/mol. The summed E-state index contributed by atoms with van der Waals surface area (Å²) in [7, 11) is -0.275. The molecule has 2 heterocycles. The van der Waals surface area contributed by atoms with Crippen LogP contribution in [0, 0.1) is 6.92 Å². The largest absolute Gasteiger partial charge is 0.340 e. The lowest BCUT2D eigenvalue weighted by Gasteiger charge is -2.32. The summed E-state index contributed by atoms with van der Waals surface area (Å²) >= 11 is 0. The first kappa shape index (κ1) is 13.4. The van der Waals surface area contributed by atoms with Gasteiger partial charge in [0.1, 0.15) is 0 Å². The van der Waals surface area contributed by atoms with Crippen molar-refractivity contribution in [1.29, 1.82) is 0 Å². The lowest BCUT2D eigenvalue weighted by Crippen LogP contribution is -2.45. The molecule has 7 nitrogen and oxygen atoms in total. The standard InChI is InChI=1S/C10H18N4O3S/c1-8-11-10(12-17-8)9-5-4-6-14(7-9)18(15,16)13(2)3/h9H,4-7H2,1-3H3. The molecule has 1 aromatic rings. The Kier molecular flexibility index (Phi) is 3.69. The van der Waals surface area contributed by atoms with Crippen LogP contribution in [-0.4, -0.2) is 54.4 Å². The van der Waals surface area contributed by atoms with Crippen molar-refractivity contribution in [2.45, 2.75) is 25.7 Å². The minimum Gasteiger partial charge on any atom is -0.340 e. The molecule has 1 fully saturated rings. The van der Waals surface area contributed by atoms with Gasteiger partial charge in [0.15, 0.2) is 5.82 Å². The molecule has 1 atom stereocenters. The van der Waals surface area contributed by atoms with E-state index in [4.69, 9.17) is 4.52 Å². The molecule has 2 rings (SSSR count). The van der Waals surface area contributed by atoms with Crippen LogP contribution in [0.3, 0.4) is 0 Å². The molecule has 1 aliphatic rings. The molecule has 0 N–H and O–H groups in total. The Labute approximate surface area is 107 Å². The van der Waals surface area contributed by atoms with Crippen LogP contribution in [0.4, 0.5) is 0 Å². The Morgan fingerprint density at radius 1 is 1.44 bits per heavy atom. The molecule has 0 saturated carbocycles. The highest BCUT2D eigenvalue weighted by molar-refractivity contribution is 7.86. The second-order valence-corrected chi connectivity index (χ2v) is 6.80. The van der Waals surface area contributed by atoms with Crippen molar-refractivity contribution in [3.63, 3.8) is 0 Å². The Morgan fingerprint density at radius 2 is 2.17 bits per heavy atom. The zero-order valence-corrected chi connectivity index (χ0v) is 11.6. The number of nitrogens with zero attached hydrogens (tertiary/aromatic N) is 4. The number of rotatable bonds is 3. The maximum Gasteiger partial charge on any atom is 0.281 e. The molecule has 8 heteroatoms. The summed E-state index contributed by atoms with van der Waals surface area (Å²) in [6.07, 6.45) is 1.70. The predicted octanol–water partition coefficient (Wildman–Crippen LogP) is 0.364. The van der Waals surface area contributed by atoms with E-state index in [1.54, 1.807) is 6.92 Å². The van der Waals surface area contributed by atoms with E-state index in [0.29, 0.717) is 24.8 Å². The van der Waals surface area contributed by atoms with Crippen molar-refractivity contribution in [2.75, 3.05) is 27.2 Å². The van der Waals surface area contributed by atoms with Gasteiger partial charge in [-0.05, 0) is 12.8 Å². The van der Waals surface area contributed by atoms with Crippen LogP contribution in [0.25, 0.3) is 0 Å². The molecule has 0 aromatic carbocycles. The zero-order valence-electron chi connectivity index (χ0n) is 10.8. The SMILES string of the molecule is Cc1nc(C2CCCN(S(=O)(=O)N(C)C)C2)no1. The number of aryl methyl sites for hydroxylation is 1. The Hall–Kier alpha value is -0.990. The molecule has 0 bridgehead atoms. The maximum atomic E-state index is 12.1. The van der Waals surface area contributed by atoms with E-state index in [9.17, 15) is 8.42 Å². The minimum atomic E-state index is -3.35. The fourth-order valence-corrected chi connectivity index (χ4v) is 3.26. The topological polar surface area (TPSA) is 79.5 Å². The van der Waals surface area contributed by atoms with Gasteiger partial charge in [0.05, 0.1) is 0 Å². The molecule has 1 aliphatic heterocycles. The van der Waals surface area contributed by atoms with Gasteiger partial charge in [0, 0.05) is 40.0 Å². The molecule has 1 aromatic heterocycles. The third-order valence-corrected chi connectivity index (χ3v) is 4.99. The summed E-state index contributed by atoms with van der Waals surface area (Å²) in [5.41, 5.74) is 0. The summed E-state index contributed by atoms with van der Waals surface area (Å²) < 4.78 is 31.8. The van der Waals surface area contributed by atoms with Gasteiger partial charge in [-0.1, -0.05) is 5.16 Å². The highest BCUT2D eigenvalue weighted by atomic mass is 32.2. The predicted molar refractivity (Wildman–Crippen MR) is 65.2 cm³/mol. The molecule has 1 saturated heterocycles. The average Bonchev–Trinajstić information content (AvgIpc) is 2.76. The van der Waals surface area contributed by atoms with Crippen molar-refractivity contribution < 1.29 is 12.9 Å². The lowest BCUT2D eigenvalue weighted by molar-refractivity contribution is 0.287. The Morgan fingerprint density at radius 3 is 2.72 bits per heavy atom. The first-order valence-electron chi connectivity index (χ1n) is 5.89. The van der Waals surface area contributed by atoms with E-state index < -0.39 is 10.2 Å². The molecule has 0 aliphatic carbocycles. The Bertz CT molecular complexity index is 511. The number of hydrogen-bond donors (Lipinski definition) is 0. The fourth-order valence-electron chi connectivity index (χ4n) is 2.07. The summed E-state index contributed by atoms with van der Waals surface area (Å²) in [5.74, 6) is 1.13. The van der Waals surface area contributed by atoms with Gasteiger partial charge >= 0.3 is 0 Å². The summed E-state index contributed by atoms with van der Waals surface area (Å²) in [5, 5.41) is 3.88. The molecule has 0 radical (unpaired) electrons. The maximum absolute atomic E-state index is 12.1. The summed E-state index contributed by atoms with van der Waals surface area (Å²) in [6.45, 7) is 2.70. The van der Waals surface area contributed by atoms with Crippen LogP contribution >= 0.6 is 0 Å². The van der Waals surface area contributed by atoms with Crippen LogP contribution in [0.2, 0.25) is 0 Å². The van der Waals surface area contributed by atoms with Crippen molar-refractivity contribution in [3.8, 4) is 0 Å². The van der Waals surface area contributed by atoms with Crippen molar-refractivity contribution in [2.24, 2.45) is 0 Å². The number of piperidine rings is 1. The third-order valence-electron chi connectivity index (χ3n) is 3.08. The molecule has 0 spiro atoms. The van der Waals surface area contributed by atoms with Gasteiger partial charge < -0.3 is 4.52 Å². The Balaban J connectivity index is 2.14. The van der Waals surface area contributed by atoms with Gasteiger partial charge in [0.25, 0.3) is 10.2 Å². The quantitative estimate of drug-likeness (QED) is 0.795. The normalized spacial score (nSPS) is 22.6. The molecular formula is C10H18N4O3S. The number of aromatic nitrogens is 2. The summed E-state index contributed by atoms with van der Waals surface area (Å²) in [4.78, 5) is 4.18. The van der Waals surface area contributed by atoms with Gasteiger partial charge in [-0.25, -0.2) is 0 Å². The van der Waals surface area contributed by atoms with E-state index in [1.807, 2.05) is 0 Å². The second-order valence-electron chi connectivity index (χ2n) is 4.66. The molecule has 0 amide bonds.